The SMILES string of the molecule is FC[PH](F)(F)F. The fourth-order valence-corrected chi connectivity index (χ4v) is 0. The molecule has 0 atom stereocenters. The van der Waals surface area contributed by atoms with Crippen molar-refractivity contribution in [1.29, 1.82) is 0 Å². The van der Waals surface area contributed by atoms with E-state index in [1.807, 2.05) is 0 Å². The van der Waals surface area contributed by atoms with Crippen LogP contribution in [0.5, 0.6) is 0 Å². The van der Waals surface area contributed by atoms with E-state index in [0.29, 0.717) is 0 Å². The minimum absolute atomic E-state index is 2.09. The van der Waals surface area contributed by atoms with Crippen LogP contribution in [0.1, 0.15) is 0 Å². The molecule has 0 saturated heterocycles. The Kier molecular flexibility index (Phi) is 1.78. The maximum atomic E-state index is 10.5. The molecule has 0 aliphatic carbocycles. The van der Waals surface area contributed by atoms with Gasteiger partial charge in [0.15, 0.2) is 0 Å². The molecule has 6 heavy (non-hydrogen) atoms. The molecular weight excluding hydrogens is 119 g/mol. The van der Waals surface area contributed by atoms with Crippen LogP contribution < -0.4 is 0 Å². The number of rotatable bonds is 1. The molecule has 0 aromatic heterocycles. The first-order valence-electron chi connectivity index (χ1n) is 1.19. The molecule has 0 aromatic carbocycles. The van der Waals surface area contributed by atoms with Crippen LogP contribution in [-0.2, 0) is 0 Å². The molecule has 0 rings (SSSR count). The van der Waals surface area contributed by atoms with Crippen LogP contribution in [0, 0.1) is 0 Å². The Balaban J connectivity index is 3.17. The Morgan fingerprint density at radius 2 is 1.33 bits per heavy atom. The van der Waals surface area contributed by atoms with Crippen molar-refractivity contribution in [2.45, 2.75) is 0 Å². The van der Waals surface area contributed by atoms with Crippen LogP contribution >= 0.6 is 8.19 Å². The standard InChI is InChI=1S/CH3F4P/c2-1-6(3,4)5/h6H,1H2. The topological polar surface area (TPSA) is 0 Å². The van der Waals surface area contributed by atoms with Crippen molar-refractivity contribution < 1.29 is 17.0 Å². The second kappa shape index (κ2) is 1.73. The summed E-state index contributed by atoms with van der Waals surface area (Å²) in [6.45, 7) is 0. The fraction of sp³-hybridized carbons (Fsp3) is 1.00. The molecule has 0 fully saturated rings. The van der Waals surface area contributed by atoms with Gasteiger partial charge in [-0.15, -0.1) is 0 Å². The van der Waals surface area contributed by atoms with E-state index in [2.05, 4.69) is 0 Å². The summed E-state index contributed by atoms with van der Waals surface area (Å²) < 4.78 is 42.1. The van der Waals surface area contributed by atoms with Crippen molar-refractivity contribution in [3.8, 4) is 0 Å². The average Bonchev–Trinajstić information content (AvgIpc) is 1.35. The first kappa shape index (κ1) is 6.15. The Bertz CT molecular complexity index is 37.3. The molecular formula is CH3F4P. The molecule has 0 nitrogen and oxygen atoms in total. The predicted octanol–water partition coefficient (Wildman–Crippen LogP) is 2.32. The minimum atomic E-state index is -5.80. The predicted molar refractivity (Wildman–Crippen MR) is 17.6 cm³/mol. The second-order valence-corrected chi connectivity index (χ2v) is 2.25. The van der Waals surface area contributed by atoms with Crippen molar-refractivity contribution in [3.63, 3.8) is 0 Å². The maximum absolute atomic E-state index is 10.5. The van der Waals surface area contributed by atoms with E-state index in [4.69, 9.17) is 0 Å². The molecule has 0 aromatic rings. The van der Waals surface area contributed by atoms with Gasteiger partial charge in [0, 0.05) is 0 Å². The zero-order chi connectivity index (χ0) is 5.21. The van der Waals surface area contributed by atoms with E-state index < -0.39 is 14.6 Å². The summed E-state index contributed by atoms with van der Waals surface area (Å²) in [6.07, 6.45) is -2.09. The summed E-state index contributed by atoms with van der Waals surface area (Å²) in [5.74, 6) is 0. The van der Waals surface area contributed by atoms with Gasteiger partial charge in [0.2, 0.25) is 0 Å². The summed E-state index contributed by atoms with van der Waals surface area (Å²) >= 11 is 0. The zero-order valence-electron chi connectivity index (χ0n) is 2.72. The summed E-state index contributed by atoms with van der Waals surface area (Å²) in [6, 6.07) is 0. The molecule has 40 valence electrons. The van der Waals surface area contributed by atoms with Crippen LogP contribution in [-0.4, -0.2) is 6.42 Å². The molecule has 0 amide bonds. The van der Waals surface area contributed by atoms with Gasteiger partial charge in [0.25, 0.3) is 0 Å². The molecule has 0 spiro atoms. The normalized spacial score (nSPS) is 14.7. The summed E-state index contributed by atoms with van der Waals surface area (Å²) in [4.78, 5) is 0. The van der Waals surface area contributed by atoms with Crippen LogP contribution in [0.2, 0.25) is 0 Å². The molecule has 0 saturated carbocycles. The molecule has 0 aliphatic rings. The van der Waals surface area contributed by atoms with E-state index in [1.54, 1.807) is 0 Å². The van der Waals surface area contributed by atoms with Crippen molar-refractivity contribution in [3.05, 3.63) is 0 Å². The van der Waals surface area contributed by atoms with Crippen molar-refractivity contribution in [1.82, 2.24) is 0 Å². The second-order valence-electron chi connectivity index (χ2n) is 0.749. The van der Waals surface area contributed by atoms with Crippen LogP contribution in [0.25, 0.3) is 0 Å². The Morgan fingerprint density at radius 1 is 1.17 bits per heavy atom. The van der Waals surface area contributed by atoms with Crippen LogP contribution in [0.3, 0.4) is 0 Å². The Morgan fingerprint density at radius 3 is 1.33 bits per heavy atom. The van der Waals surface area contributed by atoms with E-state index in [0.717, 1.165) is 0 Å². The third-order valence-corrected chi connectivity index (χ3v) is 0.455. The van der Waals surface area contributed by atoms with Crippen molar-refractivity contribution in [2.75, 3.05) is 6.42 Å². The molecule has 0 N–H and O–H groups in total. The number of hydrogen-bond acceptors (Lipinski definition) is 0. The quantitative estimate of drug-likeness (QED) is 0.369. The van der Waals surface area contributed by atoms with Gasteiger partial charge < -0.3 is 0 Å². The molecule has 5 heteroatoms. The Labute approximate surface area is 32.9 Å². The first-order valence-corrected chi connectivity index (χ1v) is 3.03. The fourth-order valence-electron chi connectivity index (χ4n) is 0. The van der Waals surface area contributed by atoms with Gasteiger partial charge in [-0.05, 0) is 0 Å². The number of alkyl halides is 1. The van der Waals surface area contributed by atoms with Gasteiger partial charge in [0.05, 0.1) is 0 Å². The monoisotopic (exact) mass is 122 g/mol. The Hall–Kier alpha value is 0.150. The van der Waals surface area contributed by atoms with Gasteiger partial charge in [-0.2, -0.15) is 0 Å². The summed E-state index contributed by atoms with van der Waals surface area (Å²) in [5, 5.41) is 0. The van der Waals surface area contributed by atoms with Gasteiger partial charge in [-0.25, -0.2) is 0 Å². The molecule has 0 heterocycles. The van der Waals surface area contributed by atoms with Crippen LogP contribution in [0.4, 0.5) is 17.0 Å². The zero-order valence-corrected chi connectivity index (χ0v) is 3.72. The average molecular weight is 122 g/mol. The molecule has 0 aliphatic heterocycles. The molecule has 0 unspecified atom stereocenters. The first-order chi connectivity index (χ1) is 2.56. The molecule has 0 bridgehead atoms. The third-order valence-electron chi connectivity index (χ3n) is 0.152. The van der Waals surface area contributed by atoms with Crippen LogP contribution in [0.15, 0.2) is 0 Å². The van der Waals surface area contributed by atoms with E-state index >= 15 is 0 Å². The third kappa shape index (κ3) is 4.15. The van der Waals surface area contributed by atoms with Gasteiger partial charge in [-0.3, -0.25) is 0 Å². The summed E-state index contributed by atoms with van der Waals surface area (Å²) in [5.41, 5.74) is 0. The number of halogens is 4. The van der Waals surface area contributed by atoms with E-state index in [1.165, 1.54) is 0 Å². The van der Waals surface area contributed by atoms with E-state index in [9.17, 15) is 17.0 Å². The van der Waals surface area contributed by atoms with E-state index in [-0.39, 0.29) is 0 Å². The van der Waals surface area contributed by atoms with Gasteiger partial charge in [-0.1, -0.05) is 0 Å². The molecule has 0 radical (unpaired) electrons. The number of hydrogen-bond donors (Lipinski definition) is 0. The van der Waals surface area contributed by atoms with Crippen molar-refractivity contribution >= 4 is 8.19 Å². The summed E-state index contributed by atoms with van der Waals surface area (Å²) in [7, 11) is -5.80. The van der Waals surface area contributed by atoms with Gasteiger partial charge >= 0.3 is 31.6 Å². The van der Waals surface area contributed by atoms with Gasteiger partial charge in [0.1, 0.15) is 0 Å². The van der Waals surface area contributed by atoms with Crippen molar-refractivity contribution in [2.24, 2.45) is 0 Å².